The summed E-state index contributed by atoms with van der Waals surface area (Å²) in [6.45, 7) is 0. The zero-order chi connectivity index (χ0) is 12.5. The molecular formula is C11H13BrO3S2. The molecule has 0 N–H and O–H groups in total. The fraction of sp³-hybridized carbons (Fsp3) is 0.545. The van der Waals surface area contributed by atoms with E-state index in [0.717, 1.165) is 15.8 Å². The maximum Gasteiger partial charge on any atom is 0.160 e. The lowest BCUT2D eigenvalue weighted by molar-refractivity contribution is -0.118. The van der Waals surface area contributed by atoms with Crippen LogP contribution in [-0.2, 0) is 21.1 Å². The minimum absolute atomic E-state index is 0.159. The van der Waals surface area contributed by atoms with Gasteiger partial charge in [0.15, 0.2) is 15.6 Å². The number of carbonyl (C=O) groups is 1. The fourth-order valence-electron chi connectivity index (χ4n) is 2.04. The molecule has 0 aromatic carbocycles. The van der Waals surface area contributed by atoms with Crippen LogP contribution in [0.3, 0.4) is 0 Å². The van der Waals surface area contributed by atoms with Crippen LogP contribution in [-0.4, -0.2) is 25.2 Å². The van der Waals surface area contributed by atoms with Crippen molar-refractivity contribution in [2.75, 3.05) is 5.75 Å². The van der Waals surface area contributed by atoms with Gasteiger partial charge in [0.25, 0.3) is 0 Å². The fourth-order valence-corrected chi connectivity index (χ4v) is 5.44. The Morgan fingerprint density at radius 3 is 2.82 bits per heavy atom. The summed E-state index contributed by atoms with van der Waals surface area (Å²) in [4.78, 5) is 13.0. The largest absolute Gasteiger partial charge is 0.298 e. The first-order valence-electron chi connectivity index (χ1n) is 5.47. The van der Waals surface area contributed by atoms with E-state index in [2.05, 4.69) is 15.9 Å². The number of carbonyl (C=O) groups excluding carboxylic acids is 1. The molecule has 0 amide bonds. The molecule has 17 heavy (non-hydrogen) atoms. The molecule has 1 fully saturated rings. The van der Waals surface area contributed by atoms with Crippen LogP contribution in [0.4, 0.5) is 0 Å². The van der Waals surface area contributed by atoms with E-state index in [-0.39, 0.29) is 18.0 Å². The summed E-state index contributed by atoms with van der Waals surface area (Å²) in [5, 5.41) is 1.12. The summed E-state index contributed by atoms with van der Waals surface area (Å²) in [6, 6.07) is 1.88. The summed E-state index contributed by atoms with van der Waals surface area (Å²) in [7, 11) is -3.20. The standard InChI is InChI=1S/C11H13BrO3S2/c12-8-4-5-16-10(8)7-9(13)11-3-1-2-6-17(11,14)15/h4-5,11H,1-3,6-7H2. The van der Waals surface area contributed by atoms with E-state index in [1.807, 2.05) is 11.4 Å². The van der Waals surface area contributed by atoms with Crippen molar-refractivity contribution in [3.63, 3.8) is 0 Å². The molecule has 3 nitrogen and oxygen atoms in total. The van der Waals surface area contributed by atoms with Crippen LogP contribution in [0.1, 0.15) is 24.1 Å². The maximum absolute atomic E-state index is 12.0. The highest BCUT2D eigenvalue weighted by Gasteiger charge is 2.34. The summed E-state index contributed by atoms with van der Waals surface area (Å²) in [5.74, 6) is 0.00232. The average molecular weight is 337 g/mol. The Balaban J connectivity index is 2.13. The van der Waals surface area contributed by atoms with Crippen LogP contribution in [0.15, 0.2) is 15.9 Å². The van der Waals surface area contributed by atoms with Gasteiger partial charge in [0.2, 0.25) is 0 Å². The Bertz CT molecular complexity index is 519. The summed E-state index contributed by atoms with van der Waals surface area (Å²) in [5.41, 5.74) is 0. The molecule has 1 unspecified atom stereocenters. The van der Waals surface area contributed by atoms with Gasteiger partial charge in [-0.05, 0) is 40.2 Å². The van der Waals surface area contributed by atoms with Gasteiger partial charge in [-0.1, -0.05) is 6.42 Å². The van der Waals surface area contributed by atoms with Gasteiger partial charge >= 0.3 is 0 Å². The number of halogens is 1. The average Bonchev–Trinajstić information content (AvgIpc) is 2.63. The Morgan fingerprint density at radius 2 is 2.24 bits per heavy atom. The molecule has 0 aliphatic carbocycles. The monoisotopic (exact) mass is 336 g/mol. The molecule has 0 saturated carbocycles. The highest BCUT2D eigenvalue weighted by Crippen LogP contribution is 2.26. The number of Topliss-reactive ketones (excluding diaryl/α,β-unsaturated/α-hetero) is 1. The van der Waals surface area contributed by atoms with Crippen molar-refractivity contribution in [2.24, 2.45) is 0 Å². The van der Waals surface area contributed by atoms with Crippen molar-refractivity contribution >= 4 is 42.9 Å². The van der Waals surface area contributed by atoms with E-state index < -0.39 is 15.1 Å². The van der Waals surface area contributed by atoms with Gasteiger partial charge in [-0.2, -0.15) is 0 Å². The number of thiophene rings is 1. The normalized spacial score (nSPS) is 23.5. The van der Waals surface area contributed by atoms with Crippen LogP contribution in [0, 0.1) is 0 Å². The predicted molar refractivity (Wildman–Crippen MR) is 72.2 cm³/mol. The number of hydrogen-bond donors (Lipinski definition) is 0. The molecule has 0 bridgehead atoms. The van der Waals surface area contributed by atoms with Crippen molar-refractivity contribution in [2.45, 2.75) is 30.9 Å². The highest BCUT2D eigenvalue weighted by atomic mass is 79.9. The van der Waals surface area contributed by atoms with Gasteiger partial charge in [0, 0.05) is 15.8 Å². The van der Waals surface area contributed by atoms with Gasteiger partial charge in [-0.3, -0.25) is 4.79 Å². The lowest BCUT2D eigenvalue weighted by atomic mass is 10.1. The zero-order valence-electron chi connectivity index (χ0n) is 9.19. The Kier molecular flexibility index (Phi) is 4.05. The third-order valence-electron chi connectivity index (χ3n) is 2.96. The van der Waals surface area contributed by atoms with Crippen molar-refractivity contribution in [1.29, 1.82) is 0 Å². The lowest BCUT2D eigenvalue weighted by Gasteiger charge is -2.20. The first-order valence-corrected chi connectivity index (χ1v) is 8.85. The van der Waals surface area contributed by atoms with Crippen molar-refractivity contribution in [1.82, 2.24) is 0 Å². The molecule has 0 radical (unpaired) electrons. The first-order chi connectivity index (χ1) is 8.00. The van der Waals surface area contributed by atoms with Gasteiger partial charge in [0.05, 0.1) is 5.75 Å². The molecule has 1 aliphatic heterocycles. The van der Waals surface area contributed by atoms with E-state index in [1.54, 1.807) is 0 Å². The van der Waals surface area contributed by atoms with Crippen LogP contribution in [0.2, 0.25) is 0 Å². The third-order valence-corrected chi connectivity index (χ3v) is 7.11. The summed E-state index contributed by atoms with van der Waals surface area (Å²) >= 11 is 4.84. The Labute approximate surface area is 113 Å². The predicted octanol–water partition coefficient (Wildman–Crippen LogP) is 2.59. The van der Waals surface area contributed by atoms with E-state index in [0.29, 0.717) is 12.8 Å². The minimum atomic E-state index is -3.20. The molecule has 1 aliphatic rings. The van der Waals surface area contributed by atoms with Gasteiger partial charge in [-0.25, -0.2) is 8.42 Å². The minimum Gasteiger partial charge on any atom is -0.298 e. The quantitative estimate of drug-likeness (QED) is 0.852. The number of hydrogen-bond acceptors (Lipinski definition) is 4. The van der Waals surface area contributed by atoms with Gasteiger partial charge in [0.1, 0.15) is 5.25 Å². The van der Waals surface area contributed by atoms with Crippen LogP contribution in [0.5, 0.6) is 0 Å². The van der Waals surface area contributed by atoms with Crippen LogP contribution >= 0.6 is 27.3 Å². The van der Waals surface area contributed by atoms with Gasteiger partial charge < -0.3 is 0 Å². The summed E-state index contributed by atoms with van der Waals surface area (Å²) < 4.78 is 24.5. The number of sulfone groups is 1. The maximum atomic E-state index is 12.0. The second-order valence-electron chi connectivity index (χ2n) is 4.19. The highest BCUT2D eigenvalue weighted by molar-refractivity contribution is 9.10. The molecule has 0 spiro atoms. The molecule has 94 valence electrons. The second kappa shape index (κ2) is 5.20. The van der Waals surface area contributed by atoms with E-state index in [4.69, 9.17) is 0 Å². The lowest BCUT2D eigenvalue weighted by Crippen LogP contribution is -2.36. The molecule has 1 atom stereocenters. The Hall–Kier alpha value is -0.200. The topological polar surface area (TPSA) is 51.2 Å². The smallest absolute Gasteiger partial charge is 0.160 e. The van der Waals surface area contributed by atoms with Crippen LogP contribution in [0.25, 0.3) is 0 Å². The van der Waals surface area contributed by atoms with Crippen molar-refractivity contribution in [3.8, 4) is 0 Å². The first kappa shape index (κ1) is 13.2. The molecule has 2 rings (SSSR count). The molecule has 1 saturated heterocycles. The number of rotatable bonds is 3. The SMILES string of the molecule is O=C(Cc1sccc1Br)C1CCCCS1(=O)=O. The second-order valence-corrected chi connectivity index (χ2v) is 8.34. The molecular weight excluding hydrogens is 324 g/mol. The van der Waals surface area contributed by atoms with Crippen molar-refractivity contribution < 1.29 is 13.2 Å². The van der Waals surface area contributed by atoms with E-state index >= 15 is 0 Å². The molecule has 1 aromatic heterocycles. The zero-order valence-corrected chi connectivity index (χ0v) is 12.4. The molecule has 2 heterocycles. The number of ketones is 1. The van der Waals surface area contributed by atoms with E-state index in [1.165, 1.54) is 11.3 Å². The molecule has 1 aromatic rings. The van der Waals surface area contributed by atoms with E-state index in [9.17, 15) is 13.2 Å². The Morgan fingerprint density at radius 1 is 1.47 bits per heavy atom. The van der Waals surface area contributed by atoms with Crippen molar-refractivity contribution in [3.05, 3.63) is 20.8 Å². The summed E-state index contributed by atoms with van der Waals surface area (Å²) in [6.07, 6.45) is 2.24. The molecule has 6 heteroatoms. The van der Waals surface area contributed by atoms with Gasteiger partial charge in [-0.15, -0.1) is 11.3 Å². The third kappa shape index (κ3) is 2.98. The van der Waals surface area contributed by atoms with Crippen LogP contribution < -0.4 is 0 Å².